The predicted octanol–water partition coefficient (Wildman–Crippen LogP) is 3.50. The topological polar surface area (TPSA) is 53.1 Å². The van der Waals surface area contributed by atoms with Gasteiger partial charge >= 0.3 is 0 Å². The summed E-state index contributed by atoms with van der Waals surface area (Å²) in [5, 5.41) is 7.34. The van der Waals surface area contributed by atoms with E-state index in [9.17, 15) is 0 Å². The van der Waals surface area contributed by atoms with Gasteiger partial charge in [-0.2, -0.15) is 4.98 Å². The number of hydrogen-bond donors (Lipinski definition) is 2. The van der Waals surface area contributed by atoms with Gasteiger partial charge in [-0.1, -0.05) is 23.2 Å². The first-order valence-corrected chi connectivity index (χ1v) is 7.24. The molecule has 2 N–H and O–H groups in total. The van der Waals surface area contributed by atoms with Gasteiger partial charge in [0.15, 0.2) is 0 Å². The number of hydrogen-bond acceptors (Lipinski definition) is 5. The van der Waals surface area contributed by atoms with Crippen LogP contribution in [0.15, 0.2) is 30.5 Å². The number of nitrogens with zero attached hydrogens (tertiary/aromatic N) is 3. The summed E-state index contributed by atoms with van der Waals surface area (Å²) in [4.78, 5) is 10.7. The summed E-state index contributed by atoms with van der Waals surface area (Å²) >= 11 is 11.9. The van der Waals surface area contributed by atoms with Crippen LogP contribution in [0.1, 0.15) is 0 Å². The fourth-order valence-corrected chi connectivity index (χ4v) is 1.93. The molecule has 0 amide bonds. The quantitative estimate of drug-likeness (QED) is 0.851. The zero-order valence-corrected chi connectivity index (χ0v) is 13.4. The third kappa shape index (κ3) is 5.04. The van der Waals surface area contributed by atoms with E-state index in [4.69, 9.17) is 23.2 Å². The van der Waals surface area contributed by atoms with E-state index in [2.05, 4.69) is 25.5 Å². The molecule has 0 spiro atoms. The number of likely N-dealkylation sites (N-methyl/N-ethyl adjacent to an activating group) is 1. The Morgan fingerprint density at radius 2 is 1.95 bits per heavy atom. The Bertz CT molecular complexity index is 604. The van der Waals surface area contributed by atoms with Crippen LogP contribution in [0.25, 0.3) is 0 Å². The molecule has 112 valence electrons. The van der Waals surface area contributed by atoms with Gasteiger partial charge in [-0.05, 0) is 38.4 Å². The number of anilines is 3. The van der Waals surface area contributed by atoms with Gasteiger partial charge in [-0.15, -0.1) is 0 Å². The third-order valence-electron chi connectivity index (χ3n) is 2.70. The lowest BCUT2D eigenvalue weighted by molar-refractivity contribution is 0.425. The summed E-state index contributed by atoms with van der Waals surface area (Å²) in [6.45, 7) is 1.75. The molecule has 1 aromatic carbocycles. The van der Waals surface area contributed by atoms with Crippen LogP contribution >= 0.6 is 23.2 Å². The van der Waals surface area contributed by atoms with E-state index in [0.717, 1.165) is 24.6 Å². The number of benzene rings is 1. The van der Waals surface area contributed by atoms with E-state index in [1.165, 1.54) is 0 Å². The van der Waals surface area contributed by atoms with Gasteiger partial charge in [0.05, 0.1) is 10.0 Å². The van der Waals surface area contributed by atoms with E-state index in [1.807, 2.05) is 26.2 Å². The van der Waals surface area contributed by atoms with Gasteiger partial charge in [-0.25, -0.2) is 4.98 Å². The molecule has 0 radical (unpaired) electrons. The molecule has 0 fully saturated rings. The zero-order valence-electron chi connectivity index (χ0n) is 11.9. The second kappa shape index (κ2) is 7.45. The highest BCUT2D eigenvalue weighted by molar-refractivity contribution is 6.42. The van der Waals surface area contributed by atoms with Crippen molar-refractivity contribution in [3.63, 3.8) is 0 Å². The number of rotatable bonds is 6. The van der Waals surface area contributed by atoms with Crippen molar-refractivity contribution in [3.8, 4) is 0 Å². The zero-order chi connectivity index (χ0) is 15.2. The van der Waals surface area contributed by atoms with Gasteiger partial charge in [0.25, 0.3) is 0 Å². The molecular formula is C14H17Cl2N5. The molecule has 0 bridgehead atoms. The van der Waals surface area contributed by atoms with E-state index in [1.54, 1.807) is 18.3 Å². The van der Waals surface area contributed by atoms with Crippen LogP contribution in [-0.2, 0) is 0 Å². The summed E-state index contributed by atoms with van der Waals surface area (Å²) in [5.41, 5.74) is 0.787. The molecule has 5 nitrogen and oxygen atoms in total. The minimum Gasteiger partial charge on any atom is -0.369 e. The fourth-order valence-electron chi connectivity index (χ4n) is 1.63. The predicted molar refractivity (Wildman–Crippen MR) is 88.8 cm³/mol. The van der Waals surface area contributed by atoms with Crippen molar-refractivity contribution in [3.05, 3.63) is 40.5 Å². The standard InChI is InChI=1S/C14H17Cl2N5/c1-21(2)8-7-17-13-5-6-18-14(20-13)19-10-3-4-11(15)12(16)9-10/h3-6,9H,7-8H2,1-2H3,(H2,17,18,19,20). The monoisotopic (exact) mass is 325 g/mol. The van der Waals surface area contributed by atoms with Crippen LogP contribution in [0, 0.1) is 0 Å². The first kappa shape index (κ1) is 15.8. The lowest BCUT2D eigenvalue weighted by Gasteiger charge is -2.11. The van der Waals surface area contributed by atoms with E-state index in [0.29, 0.717) is 16.0 Å². The van der Waals surface area contributed by atoms with Gasteiger partial charge < -0.3 is 15.5 Å². The maximum absolute atomic E-state index is 5.98. The minimum absolute atomic E-state index is 0.488. The van der Waals surface area contributed by atoms with Crippen molar-refractivity contribution in [2.24, 2.45) is 0 Å². The van der Waals surface area contributed by atoms with Crippen molar-refractivity contribution in [1.29, 1.82) is 0 Å². The molecular weight excluding hydrogens is 309 g/mol. The second-order valence-electron chi connectivity index (χ2n) is 4.75. The Kier molecular flexibility index (Phi) is 5.61. The number of halogens is 2. The lowest BCUT2D eigenvalue weighted by atomic mass is 10.3. The highest BCUT2D eigenvalue weighted by atomic mass is 35.5. The smallest absolute Gasteiger partial charge is 0.229 e. The minimum atomic E-state index is 0.488. The maximum Gasteiger partial charge on any atom is 0.229 e. The Morgan fingerprint density at radius 3 is 2.67 bits per heavy atom. The van der Waals surface area contributed by atoms with E-state index >= 15 is 0 Å². The van der Waals surface area contributed by atoms with Crippen LogP contribution in [-0.4, -0.2) is 42.1 Å². The van der Waals surface area contributed by atoms with Gasteiger partial charge in [0.1, 0.15) is 5.82 Å². The Labute approximate surface area is 134 Å². The van der Waals surface area contributed by atoms with Crippen molar-refractivity contribution in [2.45, 2.75) is 0 Å². The Morgan fingerprint density at radius 1 is 1.14 bits per heavy atom. The normalized spacial score (nSPS) is 10.7. The molecule has 0 unspecified atom stereocenters. The Hall–Kier alpha value is -1.56. The molecule has 2 aromatic rings. The van der Waals surface area contributed by atoms with Crippen LogP contribution < -0.4 is 10.6 Å². The summed E-state index contributed by atoms with van der Waals surface area (Å²) in [5.74, 6) is 1.28. The van der Waals surface area contributed by atoms with Crippen molar-refractivity contribution >= 4 is 40.7 Å². The third-order valence-corrected chi connectivity index (χ3v) is 3.44. The number of aromatic nitrogens is 2. The lowest BCUT2D eigenvalue weighted by Crippen LogP contribution is -2.21. The first-order valence-electron chi connectivity index (χ1n) is 6.48. The molecule has 0 saturated carbocycles. The second-order valence-corrected chi connectivity index (χ2v) is 5.56. The summed E-state index contributed by atoms with van der Waals surface area (Å²) < 4.78 is 0. The molecule has 0 atom stereocenters. The van der Waals surface area contributed by atoms with Gasteiger partial charge in [-0.3, -0.25) is 0 Å². The number of nitrogens with one attached hydrogen (secondary N) is 2. The maximum atomic E-state index is 5.98. The molecule has 7 heteroatoms. The van der Waals surface area contributed by atoms with Crippen LogP contribution in [0.2, 0.25) is 10.0 Å². The van der Waals surface area contributed by atoms with Crippen LogP contribution in [0.3, 0.4) is 0 Å². The van der Waals surface area contributed by atoms with Gasteiger partial charge in [0.2, 0.25) is 5.95 Å². The largest absolute Gasteiger partial charge is 0.369 e. The molecule has 0 saturated heterocycles. The average Bonchev–Trinajstić information content (AvgIpc) is 2.43. The average molecular weight is 326 g/mol. The van der Waals surface area contributed by atoms with Crippen molar-refractivity contribution in [1.82, 2.24) is 14.9 Å². The molecule has 2 rings (SSSR count). The molecule has 0 aliphatic carbocycles. The first-order chi connectivity index (χ1) is 10.0. The molecule has 21 heavy (non-hydrogen) atoms. The van der Waals surface area contributed by atoms with Crippen molar-refractivity contribution in [2.75, 3.05) is 37.8 Å². The SMILES string of the molecule is CN(C)CCNc1ccnc(Nc2ccc(Cl)c(Cl)c2)n1. The van der Waals surface area contributed by atoms with Crippen LogP contribution in [0.4, 0.5) is 17.5 Å². The summed E-state index contributed by atoms with van der Waals surface area (Å²) in [6, 6.07) is 7.12. The summed E-state index contributed by atoms with van der Waals surface area (Å²) in [6.07, 6.45) is 1.70. The molecule has 1 aromatic heterocycles. The van der Waals surface area contributed by atoms with E-state index in [-0.39, 0.29) is 0 Å². The van der Waals surface area contributed by atoms with E-state index < -0.39 is 0 Å². The highest BCUT2D eigenvalue weighted by Gasteiger charge is 2.03. The van der Waals surface area contributed by atoms with Crippen molar-refractivity contribution < 1.29 is 0 Å². The molecule has 0 aliphatic heterocycles. The highest BCUT2D eigenvalue weighted by Crippen LogP contribution is 2.26. The molecule has 1 heterocycles. The van der Waals surface area contributed by atoms with Crippen LogP contribution in [0.5, 0.6) is 0 Å². The Balaban J connectivity index is 2.01. The van der Waals surface area contributed by atoms with Gasteiger partial charge in [0, 0.05) is 25.0 Å². The summed E-state index contributed by atoms with van der Waals surface area (Å²) in [7, 11) is 4.05. The molecule has 0 aliphatic rings. The fraction of sp³-hybridized carbons (Fsp3) is 0.286.